The fraction of sp³-hybridized carbons (Fsp3) is 0.867. The molecule has 21 heavy (non-hydrogen) atoms. The Hall–Kier alpha value is -0.980. The fourth-order valence-corrected chi connectivity index (χ4v) is 3.29. The Bertz CT molecular complexity index is 425. The minimum Gasteiger partial charge on any atom is -0.379 e. The average molecular weight is 294 g/mol. The summed E-state index contributed by atoms with van der Waals surface area (Å²) in [5.74, 6) is 2.24. The fourth-order valence-electron chi connectivity index (χ4n) is 3.29. The van der Waals surface area contributed by atoms with E-state index in [0.717, 1.165) is 51.1 Å². The van der Waals surface area contributed by atoms with Crippen molar-refractivity contribution < 1.29 is 9.26 Å². The Balaban J connectivity index is 1.46. The topological polar surface area (TPSA) is 77.4 Å². The minimum absolute atomic E-state index is 0.174. The lowest BCUT2D eigenvalue weighted by molar-refractivity contribution is 0.0348. The molecule has 1 atom stereocenters. The molecule has 1 aromatic rings. The van der Waals surface area contributed by atoms with E-state index in [0.29, 0.717) is 5.82 Å². The summed E-state index contributed by atoms with van der Waals surface area (Å²) in [4.78, 5) is 6.77. The van der Waals surface area contributed by atoms with Crippen molar-refractivity contribution in [1.82, 2.24) is 15.0 Å². The monoisotopic (exact) mass is 294 g/mol. The van der Waals surface area contributed by atoms with Crippen molar-refractivity contribution in [2.75, 3.05) is 32.8 Å². The number of ether oxygens (including phenoxy) is 1. The number of nitrogens with two attached hydrogens (primary N) is 1. The van der Waals surface area contributed by atoms with Crippen molar-refractivity contribution in [3.05, 3.63) is 11.7 Å². The van der Waals surface area contributed by atoms with Crippen molar-refractivity contribution in [1.29, 1.82) is 0 Å². The second kappa shape index (κ2) is 7.33. The zero-order valence-electron chi connectivity index (χ0n) is 12.7. The smallest absolute Gasteiger partial charge is 0.226 e. The average Bonchev–Trinajstić information content (AvgIpc) is 3.18. The summed E-state index contributed by atoms with van der Waals surface area (Å²) >= 11 is 0. The summed E-state index contributed by atoms with van der Waals surface area (Å²) < 4.78 is 10.7. The van der Waals surface area contributed by atoms with E-state index in [1.165, 1.54) is 32.1 Å². The third kappa shape index (κ3) is 4.25. The maximum atomic E-state index is 6.19. The first-order chi connectivity index (χ1) is 10.3. The van der Waals surface area contributed by atoms with E-state index in [-0.39, 0.29) is 6.04 Å². The summed E-state index contributed by atoms with van der Waals surface area (Å²) in [7, 11) is 0. The van der Waals surface area contributed by atoms with Crippen molar-refractivity contribution in [2.45, 2.75) is 44.6 Å². The van der Waals surface area contributed by atoms with Gasteiger partial charge in [0.1, 0.15) is 0 Å². The number of aromatic nitrogens is 2. The predicted octanol–water partition coefficient (Wildman–Crippen LogP) is 1.52. The summed E-state index contributed by atoms with van der Waals surface area (Å²) in [6, 6.07) is -0.174. The molecule has 1 aromatic heterocycles. The maximum Gasteiger partial charge on any atom is 0.226 e. The number of hydrogen-bond donors (Lipinski definition) is 1. The molecular formula is C15H26N4O2. The SMILES string of the molecule is NC(CN1CCOCC1)c1noc(CCC2CCCC2)n1. The molecule has 1 unspecified atom stereocenters. The van der Waals surface area contributed by atoms with Crippen LogP contribution in [0, 0.1) is 5.92 Å². The van der Waals surface area contributed by atoms with E-state index in [2.05, 4.69) is 15.0 Å². The van der Waals surface area contributed by atoms with Crippen LogP contribution in [0.2, 0.25) is 0 Å². The molecule has 0 radical (unpaired) electrons. The van der Waals surface area contributed by atoms with Crippen LogP contribution >= 0.6 is 0 Å². The molecule has 2 N–H and O–H groups in total. The van der Waals surface area contributed by atoms with E-state index in [1.807, 2.05) is 0 Å². The lowest BCUT2D eigenvalue weighted by atomic mass is 10.0. The van der Waals surface area contributed by atoms with E-state index < -0.39 is 0 Å². The van der Waals surface area contributed by atoms with Gasteiger partial charge in [0.2, 0.25) is 5.89 Å². The lowest BCUT2D eigenvalue weighted by Crippen LogP contribution is -2.40. The van der Waals surface area contributed by atoms with Crippen LogP contribution in [0.4, 0.5) is 0 Å². The second-order valence-electron chi connectivity index (χ2n) is 6.25. The highest BCUT2D eigenvalue weighted by Gasteiger charge is 2.20. The molecule has 1 saturated heterocycles. The highest BCUT2D eigenvalue weighted by Crippen LogP contribution is 2.28. The molecule has 0 bridgehead atoms. The zero-order chi connectivity index (χ0) is 14.5. The van der Waals surface area contributed by atoms with E-state index in [9.17, 15) is 0 Å². The van der Waals surface area contributed by atoms with Gasteiger partial charge in [-0.3, -0.25) is 4.90 Å². The molecule has 118 valence electrons. The molecule has 3 rings (SSSR count). The quantitative estimate of drug-likeness (QED) is 0.857. The summed E-state index contributed by atoms with van der Waals surface area (Å²) in [5.41, 5.74) is 6.19. The van der Waals surface area contributed by atoms with Gasteiger partial charge >= 0.3 is 0 Å². The Kier molecular flexibility index (Phi) is 5.22. The van der Waals surface area contributed by atoms with E-state index >= 15 is 0 Å². The minimum atomic E-state index is -0.174. The van der Waals surface area contributed by atoms with E-state index in [4.69, 9.17) is 15.0 Å². The van der Waals surface area contributed by atoms with Gasteiger partial charge in [-0.1, -0.05) is 30.8 Å². The Morgan fingerprint density at radius 3 is 2.76 bits per heavy atom. The van der Waals surface area contributed by atoms with Crippen LogP contribution in [0.25, 0.3) is 0 Å². The van der Waals surface area contributed by atoms with Crippen molar-refractivity contribution in [3.63, 3.8) is 0 Å². The normalized spacial score (nSPS) is 22.7. The van der Waals surface area contributed by atoms with E-state index in [1.54, 1.807) is 0 Å². The van der Waals surface area contributed by atoms with Gasteiger partial charge < -0.3 is 15.0 Å². The number of morpholine rings is 1. The molecule has 0 aromatic carbocycles. The third-order valence-corrected chi connectivity index (χ3v) is 4.62. The largest absolute Gasteiger partial charge is 0.379 e. The third-order valence-electron chi connectivity index (χ3n) is 4.62. The highest BCUT2D eigenvalue weighted by atomic mass is 16.5. The maximum absolute atomic E-state index is 6.19. The summed E-state index contributed by atoms with van der Waals surface area (Å²) in [6.45, 7) is 4.20. The van der Waals surface area contributed by atoms with Gasteiger partial charge in [-0.2, -0.15) is 4.98 Å². The first kappa shape index (κ1) is 14.9. The molecule has 6 heteroatoms. The molecule has 1 saturated carbocycles. The summed E-state index contributed by atoms with van der Waals surface area (Å²) in [6.07, 6.45) is 7.53. The van der Waals surface area contributed by atoms with Crippen LogP contribution in [0.1, 0.15) is 49.9 Å². The number of nitrogens with zero attached hydrogens (tertiary/aromatic N) is 3. The molecule has 0 amide bonds. The number of hydrogen-bond acceptors (Lipinski definition) is 6. The Morgan fingerprint density at radius 2 is 2.00 bits per heavy atom. The van der Waals surface area contributed by atoms with Crippen LogP contribution in [0.3, 0.4) is 0 Å². The summed E-state index contributed by atoms with van der Waals surface area (Å²) in [5, 5.41) is 4.06. The molecule has 2 aliphatic rings. The Labute approximate surface area is 126 Å². The van der Waals surface area contributed by atoms with Crippen LogP contribution in [-0.2, 0) is 11.2 Å². The standard InChI is InChI=1S/C15H26N4O2/c16-13(11-19-7-9-20-10-8-19)15-17-14(21-18-15)6-5-12-3-1-2-4-12/h12-13H,1-11,16H2. The Morgan fingerprint density at radius 1 is 1.24 bits per heavy atom. The van der Waals surface area contributed by atoms with Crippen molar-refractivity contribution >= 4 is 0 Å². The van der Waals surface area contributed by atoms with Gasteiger partial charge in [0.05, 0.1) is 19.3 Å². The van der Waals surface area contributed by atoms with Gasteiger partial charge in [0.15, 0.2) is 5.82 Å². The van der Waals surface area contributed by atoms with Crippen LogP contribution in [-0.4, -0.2) is 47.9 Å². The molecule has 1 aliphatic heterocycles. The second-order valence-corrected chi connectivity index (χ2v) is 6.25. The molecule has 0 spiro atoms. The van der Waals surface area contributed by atoms with Gasteiger partial charge in [-0.05, 0) is 12.3 Å². The first-order valence-corrected chi connectivity index (χ1v) is 8.19. The highest BCUT2D eigenvalue weighted by molar-refractivity contribution is 4.95. The molecule has 2 heterocycles. The lowest BCUT2D eigenvalue weighted by Gasteiger charge is -2.27. The zero-order valence-corrected chi connectivity index (χ0v) is 12.7. The van der Waals surface area contributed by atoms with Gasteiger partial charge in [0.25, 0.3) is 0 Å². The van der Waals surface area contributed by atoms with Crippen LogP contribution in [0.15, 0.2) is 4.52 Å². The molecule has 2 fully saturated rings. The predicted molar refractivity (Wildman–Crippen MR) is 78.8 cm³/mol. The van der Waals surface area contributed by atoms with Crippen molar-refractivity contribution in [3.8, 4) is 0 Å². The molecule has 6 nitrogen and oxygen atoms in total. The van der Waals surface area contributed by atoms with Crippen molar-refractivity contribution in [2.24, 2.45) is 11.7 Å². The molecular weight excluding hydrogens is 268 g/mol. The molecule has 1 aliphatic carbocycles. The van der Waals surface area contributed by atoms with Gasteiger partial charge in [0, 0.05) is 26.1 Å². The number of rotatable bonds is 6. The van der Waals surface area contributed by atoms with Gasteiger partial charge in [-0.15, -0.1) is 0 Å². The van der Waals surface area contributed by atoms with Crippen LogP contribution < -0.4 is 5.73 Å². The first-order valence-electron chi connectivity index (χ1n) is 8.19. The van der Waals surface area contributed by atoms with Gasteiger partial charge in [-0.25, -0.2) is 0 Å². The number of aryl methyl sites for hydroxylation is 1. The van der Waals surface area contributed by atoms with Crippen LogP contribution in [0.5, 0.6) is 0 Å².